The maximum atomic E-state index is 13.1. The predicted octanol–water partition coefficient (Wildman–Crippen LogP) is 1.80. The first-order valence-corrected chi connectivity index (χ1v) is 11.8. The van der Waals surface area contributed by atoms with Crippen molar-refractivity contribution in [3.63, 3.8) is 0 Å². The second kappa shape index (κ2) is 7.76. The molecule has 0 atom stereocenters. The van der Waals surface area contributed by atoms with Crippen LogP contribution in [0.15, 0.2) is 36.7 Å². The fourth-order valence-corrected chi connectivity index (χ4v) is 6.10. The Labute approximate surface area is 185 Å². The average molecular weight is 464 g/mol. The third-order valence-corrected chi connectivity index (χ3v) is 7.75. The Morgan fingerprint density at radius 3 is 2.32 bits per heavy atom. The molecule has 0 radical (unpaired) electrons. The predicted molar refractivity (Wildman–Crippen MR) is 117 cm³/mol. The quantitative estimate of drug-likeness (QED) is 0.683. The minimum Gasteiger partial charge on any atom is -0.337 e. The summed E-state index contributed by atoms with van der Waals surface area (Å²) in [5.74, 6) is -0.516. The number of benzene rings is 1. The molecule has 0 unspecified atom stereocenters. The number of anilines is 2. The number of hydrogen-bond acceptors (Lipinski definition) is 7. The van der Waals surface area contributed by atoms with E-state index in [0.717, 1.165) is 4.31 Å². The number of carbonyl (C=O) groups is 2. The highest BCUT2D eigenvalue weighted by Gasteiger charge is 2.50. The molecule has 4 rings (SSSR count). The van der Waals surface area contributed by atoms with E-state index in [4.69, 9.17) is 11.6 Å². The van der Waals surface area contributed by atoms with Crippen molar-refractivity contribution in [2.45, 2.75) is 13.8 Å². The summed E-state index contributed by atoms with van der Waals surface area (Å²) in [6.07, 6.45) is 3.33. The molecule has 0 saturated carbocycles. The highest BCUT2D eigenvalue weighted by atomic mass is 35.5. The van der Waals surface area contributed by atoms with E-state index in [1.165, 1.54) is 18.2 Å². The molecule has 2 amide bonds. The van der Waals surface area contributed by atoms with Gasteiger partial charge in [-0.05, 0) is 38.1 Å². The van der Waals surface area contributed by atoms with Crippen molar-refractivity contribution in [3.8, 4) is 0 Å². The van der Waals surface area contributed by atoms with Gasteiger partial charge in [-0.3, -0.25) is 9.59 Å². The lowest BCUT2D eigenvalue weighted by Crippen LogP contribution is -2.49. The summed E-state index contributed by atoms with van der Waals surface area (Å²) in [6, 6.07) is 6.02. The van der Waals surface area contributed by atoms with Gasteiger partial charge in [0.1, 0.15) is 0 Å². The molecule has 2 saturated heterocycles. The summed E-state index contributed by atoms with van der Waals surface area (Å²) in [6.45, 7) is 5.16. The van der Waals surface area contributed by atoms with Gasteiger partial charge in [-0.2, -0.15) is 0 Å². The molecular weight excluding hydrogens is 442 g/mol. The molecule has 0 aliphatic carbocycles. The summed E-state index contributed by atoms with van der Waals surface area (Å²) in [5.41, 5.74) is -0.741. The smallest absolute Gasteiger partial charge is 0.255 e. The molecule has 0 N–H and O–H groups in total. The van der Waals surface area contributed by atoms with Crippen LogP contribution in [0.3, 0.4) is 0 Å². The summed E-state index contributed by atoms with van der Waals surface area (Å²) < 4.78 is 26.0. The Morgan fingerprint density at radius 1 is 1.10 bits per heavy atom. The molecule has 11 heteroatoms. The number of sulfonamides is 1. The summed E-state index contributed by atoms with van der Waals surface area (Å²) >= 11 is 6.27. The monoisotopic (exact) mass is 463 g/mol. The first kappa shape index (κ1) is 21.5. The molecule has 2 aromatic rings. The van der Waals surface area contributed by atoms with Gasteiger partial charge >= 0.3 is 0 Å². The van der Waals surface area contributed by atoms with Crippen molar-refractivity contribution in [1.82, 2.24) is 14.9 Å². The normalized spacial score (nSPS) is 20.2. The van der Waals surface area contributed by atoms with Crippen LogP contribution in [0.4, 0.5) is 11.6 Å². The van der Waals surface area contributed by atoms with Crippen LogP contribution in [0.1, 0.15) is 24.2 Å². The molecule has 3 heterocycles. The van der Waals surface area contributed by atoms with E-state index in [1.807, 2.05) is 4.90 Å². The first-order chi connectivity index (χ1) is 14.6. The van der Waals surface area contributed by atoms with Crippen LogP contribution in [0.5, 0.6) is 0 Å². The molecule has 1 aromatic heterocycles. The van der Waals surface area contributed by atoms with Crippen LogP contribution in [0.25, 0.3) is 0 Å². The lowest BCUT2D eigenvalue weighted by Gasteiger charge is -2.35. The van der Waals surface area contributed by atoms with E-state index >= 15 is 0 Å². The third-order valence-electron chi connectivity index (χ3n) is 5.40. The topological polar surface area (TPSA) is 104 Å². The van der Waals surface area contributed by atoms with Gasteiger partial charge in [-0.1, -0.05) is 11.6 Å². The lowest BCUT2D eigenvalue weighted by atomic mass is 9.95. The van der Waals surface area contributed by atoms with Crippen molar-refractivity contribution < 1.29 is 18.0 Å². The molecule has 2 fully saturated rings. The minimum absolute atomic E-state index is 0.125. The number of halogens is 1. The zero-order valence-corrected chi connectivity index (χ0v) is 18.7. The Kier molecular flexibility index (Phi) is 5.38. The van der Waals surface area contributed by atoms with Crippen molar-refractivity contribution in [2.24, 2.45) is 5.41 Å². The number of hydrogen-bond donors (Lipinski definition) is 0. The number of carbonyl (C=O) groups excluding carboxylic acids is 2. The van der Waals surface area contributed by atoms with E-state index in [0.29, 0.717) is 32.1 Å². The van der Waals surface area contributed by atoms with E-state index in [1.54, 1.807) is 37.2 Å². The van der Waals surface area contributed by atoms with Crippen molar-refractivity contribution >= 4 is 45.1 Å². The maximum Gasteiger partial charge on any atom is 0.255 e. The summed E-state index contributed by atoms with van der Waals surface area (Å²) in [5, 5.41) is 0.200. The van der Waals surface area contributed by atoms with Gasteiger partial charge in [-0.15, -0.1) is 0 Å². The van der Waals surface area contributed by atoms with Crippen molar-refractivity contribution in [1.29, 1.82) is 0 Å². The largest absolute Gasteiger partial charge is 0.337 e. The Hall–Kier alpha value is -2.72. The number of rotatable bonds is 3. The van der Waals surface area contributed by atoms with Gasteiger partial charge in [0.2, 0.25) is 21.9 Å². The standard InChI is InChI=1S/C20H22ClN5O4S/c1-20(2)13-31(29,30)26(18(20)28)14-4-5-16(21)15(12-14)17(27)24-8-10-25(11-9-24)19-22-6-3-7-23-19/h3-7,12H,8-11,13H2,1-2H3. The van der Waals surface area contributed by atoms with Crippen LogP contribution >= 0.6 is 11.6 Å². The number of amides is 2. The molecule has 0 spiro atoms. The van der Waals surface area contributed by atoms with Gasteiger partial charge < -0.3 is 9.80 Å². The SMILES string of the molecule is CC1(C)CS(=O)(=O)N(c2ccc(Cl)c(C(=O)N3CCN(c4ncccn4)CC3)c2)C1=O. The van der Waals surface area contributed by atoms with Gasteiger partial charge in [0, 0.05) is 38.6 Å². The van der Waals surface area contributed by atoms with Crippen LogP contribution in [0, 0.1) is 5.41 Å². The van der Waals surface area contributed by atoms with Crippen LogP contribution in [0.2, 0.25) is 5.02 Å². The summed E-state index contributed by atoms with van der Waals surface area (Å²) in [7, 11) is -3.82. The van der Waals surface area contributed by atoms with E-state index in [2.05, 4.69) is 9.97 Å². The van der Waals surface area contributed by atoms with Crippen molar-refractivity contribution in [3.05, 3.63) is 47.2 Å². The van der Waals surface area contributed by atoms with E-state index in [9.17, 15) is 18.0 Å². The average Bonchev–Trinajstić information content (AvgIpc) is 2.91. The highest BCUT2D eigenvalue weighted by molar-refractivity contribution is 7.94. The molecule has 164 valence electrons. The Balaban J connectivity index is 1.56. The van der Waals surface area contributed by atoms with E-state index in [-0.39, 0.29) is 27.9 Å². The van der Waals surface area contributed by atoms with Crippen LogP contribution < -0.4 is 9.21 Å². The number of aromatic nitrogens is 2. The molecule has 31 heavy (non-hydrogen) atoms. The number of nitrogens with zero attached hydrogens (tertiary/aromatic N) is 5. The molecular formula is C20H22ClN5O4S. The summed E-state index contributed by atoms with van der Waals surface area (Å²) in [4.78, 5) is 37.9. The fourth-order valence-electron chi connectivity index (χ4n) is 3.80. The van der Waals surface area contributed by atoms with Gasteiger partial charge in [-0.25, -0.2) is 22.7 Å². The van der Waals surface area contributed by atoms with Crippen LogP contribution in [-0.4, -0.2) is 67.0 Å². The second-order valence-electron chi connectivity index (χ2n) is 8.20. The number of piperazine rings is 1. The lowest BCUT2D eigenvalue weighted by molar-refractivity contribution is -0.123. The zero-order chi connectivity index (χ0) is 22.4. The minimum atomic E-state index is -3.82. The highest BCUT2D eigenvalue weighted by Crippen LogP contribution is 2.37. The maximum absolute atomic E-state index is 13.1. The molecule has 2 aliphatic rings. The fraction of sp³-hybridized carbons (Fsp3) is 0.400. The first-order valence-electron chi connectivity index (χ1n) is 9.78. The van der Waals surface area contributed by atoms with Crippen molar-refractivity contribution in [2.75, 3.05) is 41.1 Å². The van der Waals surface area contributed by atoms with Crippen LogP contribution in [-0.2, 0) is 14.8 Å². The van der Waals surface area contributed by atoms with Gasteiger partial charge in [0.05, 0.1) is 27.4 Å². The molecule has 1 aromatic carbocycles. The second-order valence-corrected chi connectivity index (χ2v) is 10.4. The Bertz CT molecular complexity index is 1130. The molecule has 0 bridgehead atoms. The van der Waals surface area contributed by atoms with Gasteiger partial charge in [0.15, 0.2) is 0 Å². The Morgan fingerprint density at radius 2 is 1.74 bits per heavy atom. The molecule has 9 nitrogen and oxygen atoms in total. The van der Waals surface area contributed by atoms with E-state index < -0.39 is 21.3 Å². The third kappa shape index (κ3) is 3.97. The molecule has 2 aliphatic heterocycles. The zero-order valence-electron chi connectivity index (χ0n) is 17.2. The van der Waals surface area contributed by atoms with Gasteiger partial charge in [0.25, 0.3) is 5.91 Å².